The number of anilines is 1. The molecule has 1 aromatic heterocycles. The second-order valence-electron chi connectivity index (χ2n) is 3.36. The molecule has 0 spiro atoms. The first kappa shape index (κ1) is 12.3. The van der Waals surface area contributed by atoms with E-state index in [2.05, 4.69) is 15.3 Å². The first-order valence-electron chi connectivity index (χ1n) is 5.00. The maximum absolute atomic E-state index is 9.07. The summed E-state index contributed by atoms with van der Waals surface area (Å²) in [6.07, 6.45) is 5.07. The number of nitrogens with zero attached hydrogens (tertiary/aromatic N) is 2. The smallest absolute Gasteiger partial charge is 0.130 e. The van der Waals surface area contributed by atoms with Crippen molar-refractivity contribution in [1.29, 1.82) is 0 Å². The molecule has 0 saturated carbocycles. The van der Waals surface area contributed by atoms with Crippen molar-refractivity contribution in [1.82, 2.24) is 9.97 Å². The maximum atomic E-state index is 9.07. The largest absolute Gasteiger partial charge is 0.393 e. The quantitative estimate of drug-likeness (QED) is 0.440. The molecule has 0 aliphatic rings. The van der Waals surface area contributed by atoms with E-state index < -0.39 is 0 Å². The van der Waals surface area contributed by atoms with Crippen LogP contribution in [0.2, 0.25) is 0 Å². The predicted octanol–water partition coefficient (Wildman–Crippen LogP) is 1.77. The second-order valence-corrected chi connectivity index (χ2v) is 4.19. The van der Waals surface area contributed by atoms with Gasteiger partial charge in [0.05, 0.1) is 6.10 Å². The molecule has 15 heavy (non-hydrogen) atoms. The van der Waals surface area contributed by atoms with Crippen molar-refractivity contribution in [3.63, 3.8) is 0 Å². The fourth-order valence-electron chi connectivity index (χ4n) is 1.16. The summed E-state index contributed by atoms with van der Waals surface area (Å²) < 4.78 is 0. The standard InChI is InChI=1S/C10H17N3OS/c1-8(14)4-3-5-11-9-6-10(15-2)13-7-12-9/h6-8,14H,3-5H2,1-2H3,(H,11,12,13). The zero-order chi connectivity index (χ0) is 11.1. The van der Waals surface area contributed by atoms with E-state index in [1.54, 1.807) is 25.0 Å². The number of aromatic nitrogens is 2. The van der Waals surface area contributed by atoms with Crippen LogP contribution in [0.3, 0.4) is 0 Å². The number of thioether (sulfide) groups is 1. The van der Waals surface area contributed by atoms with Gasteiger partial charge in [-0.3, -0.25) is 0 Å². The first-order valence-corrected chi connectivity index (χ1v) is 6.23. The van der Waals surface area contributed by atoms with Crippen LogP contribution >= 0.6 is 11.8 Å². The van der Waals surface area contributed by atoms with Gasteiger partial charge in [0.25, 0.3) is 0 Å². The predicted molar refractivity (Wildman–Crippen MR) is 63.2 cm³/mol. The minimum atomic E-state index is -0.223. The number of aliphatic hydroxyl groups is 1. The molecule has 1 unspecified atom stereocenters. The van der Waals surface area contributed by atoms with E-state index in [1.165, 1.54) is 0 Å². The number of nitrogens with one attached hydrogen (secondary N) is 1. The van der Waals surface area contributed by atoms with Crippen molar-refractivity contribution in [3.8, 4) is 0 Å². The normalized spacial score (nSPS) is 12.5. The summed E-state index contributed by atoms with van der Waals surface area (Å²) in [7, 11) is 0. The van der Waals surface area contributed by atoms with E-state index in [0.717, 1.165) is 30.2 Å². The van der Waals surface area contributed by atoms with Gasteiger partial charge in [-0.1, -0.05) is 0 Å². The van der Waals surface area contributed by atoms with Crippen molar-refractivity contribution < 1.29 is 5.11 Å². The van der Waals surface area contributed by atoms with E-state index in [9.17, 15) is 0 Å². The number of aliphatic hydroxyl groups excluding tert-OH is 1. The maximum Gasteiger partial charge on any atom is 0.130 e. The Kier molecular flexibility index (Phi) is 5.42. The Morgan fingerprint density at radius 1 is 1.53 bits per heavy atom. The minimum Gasteiger partial charge on any atom is -0.393 e. The van der Waals surface area contributed by atoms with Gasteiger partial charge in [-0.05, 0) is 26.0 Å². The molecule has 0 radical (unpaired) electrons. The zero-order valence-electron chi connectivity index (χ0n) is 9.10. The van der Waals surface area contributed by atoms with Crippen molar-refractivity contribution in [2.75, 3.05) is 18.1 Å². The SMILES string of the molecule is CSc1cc(NCCCC(C)O)ncn1. The van der Waals surface area contributed by atoms with Crippen LogP contribution in [0.5, 0.6) is 0 Å². The van der Waals surface area contributed by atoms with E-state index in [0.29, 0.717) is 0 Å². The number of hydrogen-bond donors (Lipinski definition) is 2. The third kappa shape index (κ3) is 4.99. The monoisotopic (exact) mass is 227 g/mol. The molecule has 0 saturated heterocycles. The highest BCUT2D eigenvalue weighted by Gasteiger charge is 1.98. The van der Waals surface area contributed by atoms with Crippen molar-refractivity contribution in [3.05, 3.63) is 12.4 Å². The highest BCUT2D eigenvalue weighted by Crippen LogP contribution is 2.13. The Balaban J connectivity index is 2.30. The summed E-state index contributed by atoms with van der Waals surface area (Å²) in [6.45, 7) is 2.63. The molecule has 0 amide bonds. The number of hydrogen-bond acceptors (Lipinski definition) is 5. The van der Waals surface area contributed by atoms with Gasteiger partial charge >= 0.3 is 0 Å². The minimum absolute atomic E-state index is 0.223. The van der Waals surface area contributed by atoms with Crippen LogP contribution < -0.4 is 5.32 Å². The van der Waals surface area contributed by atoms with Crippen LogP contribution in [0, 0.1) is 0 Å². The molecule has 2 N–H and O–H groups in total. The molecule has 4 nitrogen and oxygen atoms in total. The lowest BCUT2D eigenvalue weighted by atomic mass is 10.2. The zero-order valence-corrected chi connectivity index (χ0v) is 9.92. The lowest BCUT2D eigenvalue weighted by Gasteiger charge is -2.07. The van der Waals surface area contributed by atoms with Crippen molar-refractivity contribution in [2.24, 2.45) is 0 Å². The Bertz CT molecular complexity index is 294. The Morgan fingerprint density at radius 3 is 3.00 bits per heavy atom. The molecule has 0 aromatic carbocycles. The van der Waals surface area contributed by atoms with E-state index >= 15 is 0 Å². The highest BCUT2D eigenvalue weighted by molar-refractivity contribution is 7.98. The topological polar surface area (TPSA) is 58.0 Å². The number of rotatable bonds is 6. The molecular weight excluding hydrogens is 210 g/mol. The van der Waals surface area contributed by atoms with Crippen LogP contribution in [0.15, 0.2) is 17.4 Å². The molecule has 1 heterocycles. The van der Waals surface area contributed by atoms with Gasteiger partial charge in [-0.15, -0.1) is 11.8 Å². The summed E-state index contributed by atoms with van der Waals surface area (Å²) in [6, 6.07) is 1.92. The first-order chi connectivity index (χ1) is 7.22. The summed E-state index contributed by atoms with van der Waals surface area (Å²) >= 11 is 1.60. The van der Waals surface area contributed by atoms with Crippen LogP contribution in [-0.2, 0) is 0 Å². The second kappa shape index (κ2) is 6.63. The summed E-state index contributed by atoms with van der Waals surface area (Å²) in [5.74, 6) is 0.847. The van der Waals surface area contributed by atoms with E-state index in [4.69, 9.17) is 5.11 Å². The molecule has 5 heteroatoms. The Labute approximate surface area is 94.5 Å². The summed E-state index contributed by atoms with van der Waals surface area (Å²) in [5.41, 5.74) is 0. The van der Waals surface area contributed by atoms with Crippen molar-refractivity contribution >= 4 is 17.6 Å². The molecular formula is C10H17N3OS. The molecule has 0 aliphatic heterocycles. The van der Waals surface area contributed by atoms with E-state index in [1.807, 2.05) is 12.3 Å². The van der Waals surface area contributed by atoms with Crippen LogP contribution in [0.4, 0.5) is 5.82 Å². The van der Waals surface area contributed by atoms with Gasteiger partial charge in [-0.2, -0.15) is 0 Å². The van der Waals surface area contributed by atoms with Crippen molar-refractivity contribution in [2.45, 2.75) is 30.9 Å². The van der Waals surface area contributed by atoms with Gasteiger partial charge in [0.1, 0.15) is 17.2 Å². The Hall–Kier alpha value is -0.810. The molecule has 0 fully saturated rings. The van der Waals surface area contributed by atoms with Gasteiger partial charge < -0.3 is 10.4 Å². The van der Waals surface area contributed by atoms with E-state index in [-0.39, 0.29) is 6.10 Å². The molecule has 1 aromatic rings. The molecule has 84 valence electrons. The molecule has 0 bridgehead atoms. The molecule has 0 aliphatic carbocycles. The van der Waals surface area contributed by atoms with Gasteiger partial charge in [0.15, 0.2) is 0 Å². The average molecular weight is 227 g/mol. The van der Waals surface area contributed by atoms with Crippen LogP contribution in [0.25, 0.3) is 0 Å². The highest BCUT2D eigenvalue weighted by atomic mass is 32.2. The summed E-state index contributed by atoms with van der Waals surface area (Å²) in [4.78, 5) is 8.19. The lowest BCUT2D eigenvalue weighted by molar-refractivity contribution is 0.183. The Morgan fingerprint density at radius 2 is 2.33 bits per heavy atom. The van der Waals surface area contributed by atoms with Crippen LogP contribution in [-0.4, -0.2) is 34.0 Å². The third-order valence-electron chi connectivity index (χ3n) is 1.96. The third-order valence-corrected chi connectivity index (χ3v) is 2.60. The average Bonchev–Trinajstić information content (AvgIpc) is 2.24. The van der Waals surface area contributed by atoms with Crippen LogP contribution in [0.1, 0.15) is 19.8 Å². The fourth-order valence-corrected chi connectivity index (χ4v) is 1.54. The van der Waals surface area contributed by atoms with Gasteiger partial charge in [0, 0.05) is 12.6 Å². The summed E-state index contributed by atoms with van der Waals surface area (Å²) in [5, 5.41) is 13.2. The molecule has 1 rings (SSSR count). The van der Waals surface area contributed by atoms with Gasteiger partial charge in [0.2, 0.25) is 0 Å². The van der Waals surface area contributed by atoms with Gasteiger partial charge in [-0.25, -0.2) is 9.97 Å². The molecule has 1 atom stereocenters. The fraction of sp³-hybridized carbons (Fsp3) is 0.600. The lowest BCUT2D eigenvalue weighted by Crippen LogP contribution is -2.07.